The van der Waals surface area contributed by atoms with Crippen LogP contribution in [0, 0.1) is 11.8 Å². The molecule has 2 atom stereocenters. The molecule has 2 aliphatic rings. The number of cyclic esters (lactones) is 2. The maximum absolute atomic E-state index is 12.0. The third kappa shape index (κ3) is 3.47. The minimum absolute atomic E-state index is 0.197. The predicted octanol–water partition coefficient (Wildman–Crippen LogP) is 2.45. The van der Waals surface area contributed by atoms with Crippen molar-refractivity contribution in [3.05, 3.63) is 0 Å². The molecule has 0 amide bonds. The van der Waals surface area contributed by atoms with E-state index < -0.39 is 0 Å². The van der Waals surface area contributed by atoms with Crippen LogP contribution in [-0.2, 0) is 19.1 Å². The van der Waals surface area contributed by atoms with Gasteiger partial charge in [0.25, 0.3) is 0 Å². The molecular weight excluding hydrogens is 232 g/mol. The number of rotatable bonds is 0. The topological polar surface area (TPSA) is 52.6 Å². The van der Waals surface area contributed by atoms with Gasteiger partial charge in [-0.05, 0) is 38.5 Å². The zero-order valence-corrected chi connectivity index (χ0v) is 10.9. The van der Waals surface area contributed by atoms with Crippen molar-refractivity contribution in [2.75, 3.05) is 13.2 Å². The summed E-state index contributed by atoms with van der Waals surface area (Å²) in [7, 11) is 0. The normalized spacial score (nSPS) is 31.3. The van der Waals surface area contributed by atoms with Crippen LogP contribution in [-0.4, -0.2) is 25.2 Å². The molecule has 0 spiro atoms. The molecule has 2 unspecified atom stereocenters. The van der Waals surface area contributed by atoms with Crippen molar-refractivity contribution in [1.82, 2.24) is 0 Å². The van der Waals surface area contributed by atoms with Gasteiger partial charge in [-0.1, -0.05) is 12.8 Å². The van der Waals surface area contributed by atoms with Gasteiger partial charge in [0.05, 0.1) is 25.0 Å². The summed E-state index contributed by atoms with van der Waals surface area (Å²) in [4.78, 5) is 24.0. The lowest BCUT2D eigenvalue weighted by atomic mass is 9.79. The van der Waals surface area contributed by atoms with Crippen LogP contribution >= 0.6 is 0 Å². The number of hydrogen-bond donors (Lipinski definition) is 0. The molecule has 1 saturated heterocycles. The molecule has 4 heteroatoms. The quantitative estimate of drug-likeness (QED) is 0.623. The average Bonchev–Trinajstić information content (AvgIpc) is 2.40. The summed E-state index contributed by atoms with van der Waals surface area (Å²) in [6.07, 6.45) is 7.41. The summed E-state index contributed by atoms with van der Waals surface area (Å²) >= 11 is 0. The number of carbonyl (C=O) groups excluding carboxylic acids is 2. The largest absolute Gasteiger partial charge is 0.465 e. The van der Waals surface area contributed by atoms with Crippen LogP contribution in [0.3, 0.4) is 0 Å². The first-order chi connectivity index (χ1) is 8.79. The second kappa shape index (κ2) is 6.76. The maximum Gasteiger partial charge on any atom is 0.309 e. The van der Waals surface area contributed by atoms with E-state index in [-0.39, 0.29) is 23.8 Å². The summed E-state index contributed by atoms with van der Waals surface area (Å²) in [6, 6.07) is 0. The van der Waals surface area contributed by atoms with E-state index >= 15 is 0 Å². The van der Waals surface area contributed by atoms with Gasteiger partial charge in [-0.15, -0.1) is 0 Å². The minimum Gasteiger partial charge on any atom is -0.465 e. The number of carbonyl (C=O) groups is 2. The van der Waals surface area contributed by atoms with E-state index in [2.05, 4.69) is 0 Å². The molecule has 0 aromatic carbocycles. The summed E-state index contributed by atoms with van der Waals surface area (Å²) in [5.74, 6) is -0.939. The molecule has 0 bridgehead atoms. The van der Waals surface area contributed by atoms with Crippen LogP contribution in [0.5, 0.6) is 0 Å². The molecule has 1 aliphatic carbocycles. The summed E-state index contributed by atoms with van der Waals surface area (Å²) in [5.41, 5.74) is 0. The van der Waals surface area contributed by atoms with E-state index in [0.717, 1.165) is 51.4 Å². The predicted molar refractivity (Wildman–Crippen MR) is 65.8 cm³/mol. The monoisotopic (exact) mass is 254 g/mol. The first-order valence-electron chi connectivity index (χ1n) is 7.12. The second-order valence-corrected chi connectivity index (χ2v) is 5.25. The van der Waals surface area contributed by atoms with Gasteiger partial charge in [-0.3, -0.25) is 9.59 Å². The number of ether oxygens (including phenoxy) is 2. The minimum atomic E-state index is -0.273. The van der Waals surface area contributed by atoms with E-state index in [0.29, 0.717) is 13.2 Å². The third-order valence-corrected chi connectivity index (χ3v) is 3.90. The SMILES string of the molecule is O=C1OCCCCCCOC(=O)C2CCCCC12. The lowest BCUT2D eigenvalue weighted by Gasteiger charge is -2.28. The van der Waals surface area contributed by atoms with Crippen LogP contribution in [0.2, 0.25) is 0 Å². The van der Waals surface area contributed by atoms with Crippen molar-refractivity contribution in [3.63, 3.8) is 0 Å². The Bertz CT molecular complexity index is 270. The van der Waals surface area contributed by atoms with Gasteiger partial charge in [0.1, 0.15) is 0 Å². The molecule has 0 radical (unpaired) electrons. The fourth-order valence-corrected chi connectivity index (χ4v) is 2.81. The van der Waals surface area contributed by atoms with Crippen molar-refractivity contribution < 1.29 is 19.1 Å². The molecule has 0 N–H and O–H groups in total. The van der Waals surface area contributed by atoms with E-state index in [1.807, 2.05) is 0 Å². The second-order valence-electron chi connectivity index (χ2n) is 5.25. The lowest BCUT2D eigenvalue weighted by molar-refractivity contribution is -0.163. The van der Waals surface area contributed by atoms with Crippen LogP contribution in [0.1, 0.15) is 51.4 Å². The Labute approximate surface area is 108 Å². The van der Waals surface area contributed by atoms with Gasteiger partial charge in [0.2, 0.25) is 0 Å². The Morgan fingerprint density at radius 2 is 1.11 bits per heavy atom. The third-order valence-electron chi connectivity index (χ3n) is 3.90. The standard InChI is InChI=1S/C14H22O4/c15-13-11-7-3-4-8-12(11)14(16)18-10-6-2-1-5-9-17-13/h11-12H,1-10H2. The Kier molecular flexibility index (Phi) is 5.02. The molecule has 0 aromatic rings. The zero-order valence-electron chi connectivity index (χ0n) is 10.9. The van der Waals surface area contributed by atoms with Gasteiger partial charge in [0, 0.05) is 0 Å². The zero-order chi connectivity index (χ0) is 12.8. The van der Waals surface area contributed by atoms with Crippen molar-refractivity contribution in [3.8, 4) is 0 Å². The van der Waals surface area contributed by atoms with Crippen molar-refractivity contribution >= 4 is 11.9 Å². The highest BCUT2D eigenvalue weighted by Crippen LogP contribution is 2.32. The van der Waals surface area contributed by atoms with Crippen LogP contribution in [0.15, 0.2) is 0 Å². The Balaban J connectivity index is 2.02. The van der Waals surface area contributed by atoms with E-state index in [1.165, 1.54) is 0 Å². The molecular formula is C14H22O4. The highest BCUT2D eigenvalue weighted by Gasteiger charge is 2.37. The van der Waals surface area contributed by atoms with Gasteiger partial charge >= 0.3 is 11.9 Å². The first-order valence-corrected chi connectivity index (χ1v) is 7.12. The van der Waals surface area contributed by atoms with Crippen molar-refractivity contribution in [2.24, 2.45) is 11.8 Å². The molecule has 0 aromatic heterocycles. The number of esters is 2. The Hall–Kier alpha value is -1.06. The Morgan fingerprint density at radius 1 is 0.667 bits per heavy atom. The van der Waals surface area contributed by atoms with E-state index in [4.69, 9.17) is 9.47 Å². The van der Waals surface area contributed by atoms with Gasteiger partial charge in [0.15, 0.2) is 0 Å². The van der Waals surface area contributed by atoms with Crippen LogP contribution in [0.4, 0.5) is 0 Å². The van der Waals surface area contributed by atoms with Crippen LogP contribution in [0.25, 0.3) is 0 Å². The molecule has 1 saturated carbocycles. The van der Waals surface area contributed by atoms with Gasteiger partial charge in [-0.25, -0.2) is 0 Å². The fraction of sp³-hybridized carbons (Fsp3) is 0.857. The average molecular weight is 254 g/mol. The smallest absolute Gasteiger partial charge is 0.309 e. The summed E-state index contributed by atoms with van der Waals surface area (Å²) in [6.45, 7) is 0.994. The lowest BCUT2D eigenvalue weighted by Crippen LogP contribution is -2.35. The van der Waals surface area contributed by atoms with Crippen molar-refractivity contribution in [1.29, 1.82) is 0 Å². The molecule has 2 rings (SSSR count). The molecule has 18 heavy (non-hydrogen) atoms. The first kappa shape index (κ1) is 13.4. The van der Waals surface area contributed by atoms with Gasteiger partial charge in [-0.2, -0.15) is 0 Å². The van der Waals surface area contributed by atoms with E-state index in [9.17, 15) is 9.59 Å². The molecule has 1 heterocycles. The maximum atomic E-state index is 12.0. The van der Waals surface area contributed by atoms with Crippen LogP contribution < -0.4 is 0 Å². The molecule has 102 valence electrons. The summed E-state index contributed by atoms with van der Waals surface area (Å²) in [5, 5.41) is 0. The number of hydrogen-bond acceptors (Lipinski definition) is 4. The van der Waals surface area contributed by atoms with E-state index in [1.54, 1.807) is 0 Å². The Morgan fingerprint density at radius 3 is 1.56 bits per heavy atom. The molecule has 2 fully saturated rings. The highest BCUT2D eigenvalue weighted by atomic mass is 16.5. The summed E-state index contributed by atoms with van der Waals surface area (Å²) < 4.78 is 10.6. The number of fused-ring (bicyclic) bond motifs is 1. The molecule has 4 nitrogen and oxygen atoms in total. The van der Waals surface area contributed by atoms with Crippen molar-refractivity contribution in [2.45, 2.75) is 51.4 Å². The highest BCUT2D eigenvalue weighted by molar-refractivity contribution is 5.82. The fourth-order valence-electron chi connectivity index (χ4n) is 2.81. The van der Waals surface area contributed by atoms with Gasteiger partial charge < -0.3 is 9.47 Å². The molecule has 1 aliphatic heterocycles.